The number of methoxy groups -OCH3 is 1. The number of nitro benzene ring substituents is 1. The molecule has 2 unspecified atom stereocenters. The molecule has 1 amide bonds. The molecule has 2 aromatic heterocycles. The van der Waals surface area contributed by atoms with Crippen molar-refractivity contribution in [2.45, 2.75) is 32.4 Å². The van der Waals surface area contributed by atoms with Gasteiger partial charge in [-0.05, 0) is 68.0 Å². The maximum absolute atomic E-state index is 14.1. The third-order valence-corrected chi connectivity index (χ3v) is 7.68. The van der Waals surface area contributed by atoms with Gasteiger partial charge in [0.1, 0.15) is 11.6 Å². The Labute approximate surface area is 247 Å². The maximum Gasteiger partial charge on any atom is 0.273 e. The Balaban J connectivity index is 1.51. The summed E-state index contributed by atoms with van der Waals surface area (Å²) < 4.78 is 21.6. The molecule has 3 heterocycles. The van der Waals surface area contributed by atoms with Crippen LogP contribution in [0.25, 0.3) is 5.69 Å². The number of thiocarbonyl (C=S) groups is 1. The average molecular weight is 589 g/mol. The molecule has 2 N–H and O–H groups in total. The van der Waals surface area contributed by atoms with E-state index in [0.29, 0.717) is 16.5 Å². The van der Waals surface area contributed by atoms with Crippen LogP contribution in [0.3, 0.4) is 0 Å². The molecule has 0 aliphatic carbocycles. The van der Waals surface area contributed by atoms with Gasteiger partial charge in [-0.1, -0.05) is 18.2 Å². The molecule has 0 saturated carbocycles. The number of amides is 1. The van der Waals surface area contributed by atoms with E-state index in [4.69, 9.17) is 17.0 Å². The second-order valence-corrected chi connectivity index (χ2v) is 10.3. The Morgan fingerprint density at radius 2 is 1.93 bits per heavy atom. The molecule has 0 bridgehead atoms. The highest BCUT2D eigenvalue weighted by molar-refractivity contribution is 7.80. The second-order valence-electron chi connectivity index (χ2n) is 9.87. The number of pyridine rings is 1. The maximum atomic E-state index is 14.1. The quantitative estimate of drug-likeness (QED) is 0.149. The van der Waals surface area contributed by atoms with Gasteiger partial charge in [-0.2, -0.15) is 0 Å². The molecule has 216 valence electrons. The lowest BCUT2D eigenvalue weighted by Gasteiger charge is -2.28. The Morgan fingerprint density at radius 1 is 1.17 bits per heavy atom. The molecule has 1 aliphatic rings. The van der Waals surface area contributed by atoms with Crippen LogP contribution in [0.2, 0.25) is 0 Å². The van der Waals surface area contributed by atoms with E-state index < -0.39 is 10.7 Å². The van der Waals surface area contributed by atoms with Crippen molar-refractivity contribution in [3.63, 3.8) is 0 Å². The Hall–Kier alpha value is -4.84. The summed E-state index contributed by atoms with van der Waals surface area (Å²) >= 11 is 5.76. The van der Waals surface area contributed by atoms with E-state index in [1.165, 1.54) is 31.4 Å². The van der Waals surface area contributed by atoms with E-state index >= 15 is 0 Å². The van der Waals surface area contributed by atoms with E-state index in [2.05, 4.69) is 15.6 Å². The summed E-state index contributed by atoms with van der Waals surface area (Å²) in [4.78, 5) is 30.3. The lowest BCUT2D eigenvalue weighted by Crippen LogP contribution is -2.33. The number of anilines is 1. The number of rotatable bonds is 9. The highest BCUT2D eigenvalue weighted by Crippen LogP contribution is 2.42. The molecule has 42 heavy (non-hydrogen) atoms. The van der Waals surface area contributed by atoms with Crippen LogP contribution in [0.1, 0.15) is 41.1 Å². The van der Waals surface area contributed by atoms with Crippen molar-refractivity contribution in [2.24, 2.45) is 0 Å². The predicted molar refractivity (Wildman–Crippen MR) is 160 cm³/mol. The molecule has 2 atom stereocenters. The third-order valence-electron chi connectivity index (χ3n) is 7.33. The molecule has 2 aromatic carbocycles. The minimum Gasteiger partial charge on any atom is -0.494 e. The average Bonchev–Trinajstić information content (AvgIpc) is 3.47. The van der Waals surface area contributed by atoms with E-state index in [-0.39, 0.29) is 42.3 Å². The Kier molecular flexibility index (Phi) is 8.16. The van der Waals surface area contributed by atoms with E-state index in [1.54, 1.807) is 24.4 Å². The number of non-ortho nitro benzene ring substituents is 1. The Bertz CT molecular complexity index is 1660. The van der Waals surface area contributed by atoms with Gasteiger partial charge in [-0.15, -0.1) is 0 Å². The normalized spacial score (nSPS) is 16.3. The summed E-state index contributed by atoms with van der Waals surface area (Å²) in [5.74, 6) is -0.490. The molecule has 0 spiro atoms. The van der Waals surface area contributed by atoms with Gasteiger partial charge < -0.3 is 24.8 Å². The summed E-state index contributed by atoms with van der Waals surface area (Å²) in [6.45, 7) is 4.17. The van der Waals surface area contributed by atoms with Crippen LogP contribution in [0.5, 0.6) is 5.75 Å². The monoisotopic (exact) mass is 588 g/mol. The predicted octanol–water partition coefficient (Wildman–Crippen LogP) is 5.55. The second kappa shape index (κ2) is 12.0. The zero-order valence-corrected chi connectivity index (χ0v) is 24.0. The number of hydrogen-bond donors (Lipinski definition) is 2. The Morgan fingerprint density at radius 3 is 2.62 bits per heavy atom. The molecular weight excluding hydrogens is 559 g/mol. The summed E-state index contributed by atoms with van der Waals surface area (Å²) in [5.41, 5.74) is 4.17. The zero-order chi connectivity index (χ0) is 30.0. The van der Waals surface area contributed by atoms with E-state index in [1.807, 2.05) is 47.6 Å². The van der Waals surface area contributed by atoms with Gasteiger partial charge in [0.05, 0.1) is 47.3 Å². The zero-order valence-electron chi connectivity index (χ0n) is 23.2. The van der Waals surface area contributed by atoms with E-state index in [9.17, 15) is 19.3 Å². The van der Waals surface area contributed by atoms with Crippen molar-refractivity contribution in [3.8, 4) is 11.4 Å². The molecule has 10 nitrogen and oxygen atoms in total. The number of nitrogens with one attached hydrogen (secondary N) is 2. The number of nitrogens with zero attached hydrogens (tertiary/aromatic N) is 4. The summed E-state index contributed by atoms with van der Waals surface area (Å²) in [6, 6.07) is 17.6. The molecule has 1 aliphatic heterocycles. The number of para-hydroxylation sites is 1. The number of carbonyl (C=O) groups excluding carboxylic acids is 1. The van der Waals surface area contributed by atoms with Crippen molar-refractivity contribution in [1.29, 1.82) is 0 Å². The standard InChI is InChI=1S/C30H29FN6O4S/c1-18-16-21(19(2)36(18)25-12-11-20(37(39)40)17-26(25)41-3)29-28(24-10-6-7-14-32-24)34-30(42)35(29)15-13-27(38)33-23-9-5-4-8-22(23)31/h4-12,14,16-17,28-29H,13,15H2,1-3H3,(H,33,38)(H,34,42). The fourth-order valence-electron chi connectivity index (χ4n) is 5.40. The van der Waals surface area contributed by atoms with Gasteiger partial charge in [0.25, 0.3) is 5.69 Å². The van der Waals surface area contributed by atoms with E-state index in [0.717, 1.165) is 22.6 Å². The van der Waals surface area contributed by atoms with Gasteiger partial charge in [0.15, 0.2) is 5.11 Å². The molecule has 12 heteroatoms. The number of benzene rings is 2. The number of nitro groups is 1. The first-order valence-corrected chi connectivity index (χ1v) is 13.6. The number of halogens is 1. The van der Waals surface area contributed by atoms with Gasteiger partial charge in [0, 0.05) is 36.6 Å². The highest BCUT2D eigenvalue weighted by Gasteiger charge is 2.41. The van der Waals surface area contributed by atoms with Gasteiger partial charge in [-0.25, -0.2) is 4.39 Å². The summed E-state index contributed by atoms with van der Waals surface area (Å²) in [7, 11) is 1.47. The van der Waals surface area contributed by atoms with Gasteiger partial charge in [0.2, 0.25) is 5.91 Å². The van der Waals surface area contributed by atoms with Crippen molar-refractivity contribution in [2.75, 3.05) is 19.0 Å². The number of hydrogen-bond acceptors (Lipinski definition) is 6. The van der Waals surface area contributed by atoms with Crippen molar-refractivity contribution >= 4 is 34.6 Å². The molecule has 1 saturated heterocycles. The summed E-state index contributed by atoms with van der Waals surface area (Å²) in [6.07, 6.45) is 1.78. The van der Waals surface area contributed by atoms with Crippen LogP contribution in [-0.4, -0.2) is 44.0 Å². The number of aryl methyl sites for hydroxylation is 1. The largest absolute Gasteiger partial charge is 0.494 e. The van der Waals surface area contributed by atoms with Crippen LogP contribution in [0.4, 0.5) is 15.8 Å². The smallest absolute Gasteiger partial charge is 0.273 e. The molecule has 0 radical (unpaired) electrons. The number of ether oxygens (including phenoxy) is 1. The minimum atomic E-state index is -0.508. The minimum absolute atomic E-state index is 0.0660. The van der Waals surface area contributed by atoms with Crippen LogP contribution in [0, 0.1) is 29.8 Å². The lowest BCUT2D eigenvalue weighted by molar-refractivity contribution is -0.384. The third kappa shape index (κ3) is 5.53. The first kappa shape index (κ1) is 28.7. The number of aromatic nitrogens is 2. The summed E-state index contributed by atoms with van der Waals surface area (Å²) in [5, 5.41) is 17.8. The first-order valence-electron chi connectivity index (χ1n) is 13.2. The van der Waals surface area contributed by atoms with Gasteiger partial charge in [-0.3, -0.25) is 19.9 Å². The molecule has 1 fully saturated rings. The fraction of sp³-hybridized carbons (Fsp3) is 0.233. The molecule has 4 aromatic rings. The van der Waals surface area contributed by atoms with Crippen molar-refractivity contribution in [3.05, 3.63) is 112 Å². The highest BCUT2D eigenvalue weighted by atomic mass is 32.1. The SMILES string of the molecule is COc1cc([N+](=O)[O-])ccc1-n1c(C)cc(C2C(c3ccccn3)NC(=S)N2CCC(=O)Nc2ccccc2F)c1C. The number of carbonyl (C=O) groups is 1. The van der Waals surface area contributed by atoms with Crippen molar-refractivity contribution in [1.82, 2.24) is 19.8 Å². The molecule has 5 rings (SSSR count). The van der Waals surface area contributed by atoms with Crippen LogP contribution in [0.15, 0.2) is 72.9 Å². The van der Waals surface area contributed by atoms with Crippen LogP contribution in [-0.2, 0) is 4.79 Å². The van der Waals surface area contributed by atoms with Crippen LogP contribution < -0.4 is 15.4 Å². The first-order chi connectivity index (χ1) is 20.2. The fourth-order valence-corrected chi connectivity index (χ4v) is 5.74. The molecular formula is C30H29FN6O4S. The topological polar surface area (TPSA) is 115 Å². The van der Waals surface area contributed by atoms with Gasteiger partial charge >= 0.3 is 0 Å². The van der Waals surface area contributed by atoms with Crippen molar-refractivity contribution < 1.29 is 18.8 Å². The lowest BCUT2D eigenvalue weighted by atomic mass is 9.96. The van der Waals surface area contributed by atoms with Crippen LogP contribution >= 0.6 is 12.2 Å².